The fourth-order valence-corrected chi connectivity index (χ4v) is 2.98. The Morgan fingerprint density at radius 1 is 0.591 bits per heavy atom. The summed E-state index contributed by atoms with van der Waals surface area (Å²) >= 11 is 0. The number of hydrogen-bond donors (Lipinski definition) is 1. The molecule has 1 heteroatoms. The van der Waals surface area contributed by atoms with Gasteiger partial charge in [0, 0.05) is 0 Å². The van der Waals surface area contributed by atoms with Gasteiger partial charge in [-0.1, -0.05) is 90.0 Å². The van der Waals surface area contributed by atoms with Gasteiger partial charge in [-0.3, -0.25) is 0 Å². The van der Waals surface area contributed by atoms with Crippen LogP contribution in [-0.4, -0.2) is 0 Å². The van der Waals surface area contributed by atoms with Crippen LogP contribution in [0.25, 0.3) is 0 Å². The molecule has 110 valence electrons. The van der Waals surface area contributed by atoms with E-state index in [2.05, 4.69) is 74.5 Å². The molecule has 0 aliphatic rings. The van der Waals surface area contributed by atoms with Gasteiger partial charge in [0.2, 0.25) is 0 Å². The zero-order valence-corrected chi connectivity index (χ0v) is 13.1. The largest absolute Gasteiger partial charge is 0.314 e. The Hall–Kier alpha value is -2.38. The van der Waals surface area contributed by atoms with Gasteiger partial charge in [-0.25, -0.2) is 0 Å². The van der Waals surface area contributed by atoms with Crippen LogP contribution in [0.3, 0.4) is 0 Å². The third-order valence-electron chi connectivity index (χ3n) is 4.18. The molecule has 0 saturated carbocycles. The molecule has 2 N–H and O–H groups in total. The number of aryl methyl sites for hydroxylation is 2. The first-order valence-electron chi connectivity index (χ1n) is 7.59. The van der Waals surface area contributed by atoms with Gasteiger partial charge in [-0.15, -0.1) is 0 Å². The maximum atomic E-state index is 7.00. The predicted molar refractivity (Wildman–Crippen MR) is 92.9 cm³/mol. The van der Waals surface area contributed by atoms with Gasteiger partial charge in [0.25, 0.3) is 0 Å². The molecule has 0 fully saturated rings. The van der Waals surface area contributed by atoms with Gasteiger partial charge >= 0.3 is 0 Å². The third kappa shape index (κ3) is 2.56. The van der Waals surface area contributed by atoms with Crippen LogP contribution in [0.1, 0.15) is 27.8 Å². The maximum Gasteiger partial charge on any atom is 0.0923 e. The van der Waals surface area contributed by atoms with Crippen LogP contribution < -0.4 is 5.73 Å². The number of nitrogens with two attached hydrogens (primary N) is 1. The van der Waals surface area contributed by atoms with Gasteiger partial charge in [-0.2, -0.15) is 0 Å². The smallest absolute Gasteiger partial charge is 0.0923 e. The van der Waals surface area contributed by atoms with Gasteiger partial charge in [0.15, 0.2) is 0 Å². The summed E-state index contributed by atoms with van der Waals surface area (Å²) in [5.41, 5.74) is 12.1. The van der Waals surface area contributed by atoms with E-state index in [0.717, 1.165) is 16.7 Å². The van der Waals surface area contributed by atoms with E-state index < -0.39 is 5.54 Å². The zero-order chi connectivity index (χ0) is 15.6. The van der Waals surface area contributed by atoms with Crippen LogP contribution in [0.2, 0.25) is 0 Å². The molecule has 0 aliphatic heterocycles. The van der Waals surface area contributed by atoms with E-state index in [4.69, 9.17) is 5.73 Å². The second kappa shape index (κ2) is 5.78. The first-order chi connectivity index (χ1) is 10.6. The van der Waals surface area contributed by atoms with E-state index in [1.54, 1.807) is 0 Å². The second-order valence-electron chi connectivity index (χ2n) is 5.91. The van der Waals surface area contributed by atoms with Crippen molar-refractivity contribution >= 4 is 0 Å². The van der Waals surface area contributed by atoms with E-state index in [1.807, 2.05) is 18.2 Å². The van der Waals surface area contributed by atoms with Crippen molar-refractivity contribution in [1.82, 2.24) is 0 Å². The van der Waals surface area contributed by atoms with E-state index >= 15 is 0 Å². The summed E-state index contributed by atoms with van der Waals surface area (Å²) < 4.78 is 0. The minimum absolute atomic E-state index is 0.640. The Morgan fingerprint density at radius 2 is 1.05 bits per heavy atom. The highest BCUT2D eigenvalue weighted by Gasteiger charge is 2.31. The van der Waals surface area contributed by atoms with Gasteiger partial charge < -0.3 is 5.73 Å². The van der Waals surface area contributed by atoms with Crippen LogP contribution in [0.5, 0.6) is 0 Å². The number of rotatable bonds is 3. The lowest BCUT2D eigenvalue weighted by Gasteiger charge is -2.32. The fourth-order valence-electron chi connectivity index (χ4n) is 2.98. The number of benzene rings is 3. The molecule has 0 aliphatic carbocycles. The molecular formula is C21H21N. The summed E-state index contributed by atoms with van der Waals surface area (Å²) in [4.78, 5) is 0. The van der Waals surface area contributed by atoms with Crippen molar-refractivity contribution in [1.29, 1.82) is 0 Å². The first-order valence-corrected chi connectivity index (χ1v) is 7.59. The molecule has 0 atom stereocenters. The molecule has 1 nitrogen and oxygen atoms in total. The molecule has 0 amide bonds. The molecular weight excluding hydrogens is 266 g/mol. The summed E-state index contributed by atoms with van der Waals surface area (Å²) in [6.07, 6.45) is 0. The standard InChI is InChI=1S/C21H21N/c1-16-8-6-12-19(14-16)21(22,18-10-4-3-5-11-18)20-13-7-9-17(2)15-20/h3-15H,22H2,1-2H3. The van der Waals surface area contributed by atoms with Crippen molar-refractivity contribution in [3.05, 3.63) is 107 Å². The minimum Gasteiger partial charge on any atom is -0.314 e. The lowest BCUT2D eigenvalue weighted by molar-refractivity contribution is 0.651. The molecule has 3 aromatic carbocycles. The van der Waals surface area contributed by atoms with Crippen molar-refractivity contribution in [2.24, 2.45) is 5.73 Å². The quantitative estimate of drug-likeness (QED) is 0.702. The van der Waals surface area contributed by atoms with E-state index in [1.165, 1.54) is 11.1 Å². The molecule has 0 radical (unpaired) electrons. The topological polar surface area (TPSA) is 26.0 Å². The summed E-state index contributed by atoms with van der Waals surface area (Å²) in [6.45, 7) is 4.20. The van der Waals surface area contributed by atoms with Crippen molar-refractivity contribution in [2.45, 2.75) is 19.4 Å². The molecule has 0 spiro atoms. The Bertz CT molecular complexity index is 729. The highest BCUT2D eigenvalue weighted by atomic mass is 14.7. The van der Waals surface area contributed by atoms with E-state index in [-0.39, 0.29) is 0 Å². The average Bonchev–Trinajstić information content (AvgIpc) is 2.55. The van der Waals surface area contributed by atoms with Gasteiger partial charge in [0.05, 0.1) is 5.54 Å². The lowest BCUT2D eigenvalue weighted by Crippen LogP contribution is -2.39. The Kier molecular flexibility index (Phi) is 3.82. The van der Waals surface area contributed by atoms with Crippen LogP contribution in [0, 0.1) is 13.8 Å². The second-order valence-corrected chi connectivity index (χ2v) is 5.91. The molecule has 3 rings (SSSR count). The molecule has 0 aromatic heterocycles. The van der Waals surface area contributed by atoms with E-state index in [9.17, 15) is 0 Å². The fraction of sp³-hybridized carbons (Fsp3) is 0.143. The summed E-state index contributed by atoms with van der Waals surface area (Å²) in [5, 5.41) is 0. The Labute approximate surface area is 132 Å². The molecule has 0 heterocycles. The summed E-state index contributed by atoms with van der Waals surface area (Å²) in [7, 11) is 0. The molecule has 0 saturated heterocycles. The first kappa shape index (κ1) is 14.6. The van der Waals surface area contributed by atoms with Crippen molar-refractivity contribution in [3.8, 4) is 0 Å². The highest BCUT2D eigenvalue weighted by Crippen LogP contribution is 2.34. The van der Waals surface area contributed by atoms with Crippen LogP contribution in [0.15, 0.2) is 78.9 Å². The lowest BCUT2D eigenvalue weighted by atomic mass is 9.77. The van der Waals surface area contributed by atoms with Crippen LogP contribution in [0.4, 0.5) is 0 Å². The maximum absolute atomic E-state index is 7.00. The van der Waals surface area contributed by atoms with Crippen molar-refractivity contribution < 1.29 is 0 Å². The normalized spacial score (nSPS) is 11.4. The zero-order valence-electron chi connectivity index (χ0n) is 13.1. The van der Waals surface area contributed by atoms with E-state index in [0.29, 0.717) is 0 Å². The van der Waals surface area contributed by atoms with Gasteiger partial charge in [-0.05, 0) is 30.5 Å². The Morgan fingerprint density at radius 3 is 1.50 bits per heavy atom. The predicted octanol–water partition coefficient (Wildman–Crippen LogP) is 4.55. The molecule has 0 bridgehead atoms. The van der Waals surface area contributed by atoms with Crippen LogP contribution in [-0.2, 0) is 5.54 Å². The average molecular weight is 287 g/mol. The van der Waals surface area contributed by atoms with Crippen molar-refractivity contribution in [2.75, 3.05) is 0 Å². The molecule has 22 heavy (non-hydrogen) atoms. The third-order valence-corrected chi connectivity index (χ3v) is 4.18. The molecule has 0 unspecified atom stereocenters. The Balaban J connectivity index is 2.27. The van der Waals surface area contributed by atoms with Crippen LogP contribution >= 0.6 is 0 Å². The summed E-state index contributed by atoms with van der Waals surface area (Å²) in [6, 6.07) is 27.2. The number of hydrogen-bond acceptors (Lipinski definition) is 1. The minimum atomic E-state index is -0.640. The monoisotopic (exact) mass is 287 g/mol. The summed E-state index contributed by atoms with van der Waals surface area (Å²) in [5.74, 6) is 0. The van der Waals surface area contributed by atoms with Gasteiger partial charge in [0.1, 0.15) is 0 Å². The SMILES string of the molecule is Cc1cccc(C(N)(c2ccccc2)c2cccc(C)c2)c1. The highest BCUT2D eigenvalue weighted by molar-refractivity contribution is 5.50. The molecule has 3 aromatic rings. The van der Waals surface area contributed by atoms with Crippen molar-refractivity contribution in [3.63, 3.8) is 0 Å².